The minimum atomic E-state index is -4.78. The van der Waals surface area contributed by atoms with Gasteiger partial charge in [-0.1, -0.05) is 36.4 Å². The van der Waals surface area contributed by atoms with Crippen molar-refractivity contribution in [2.75, 3.05) is 5.32 Å². The van der Waals surface area contributed by atoms with E-state index in [0.29, 0.717) is 5.56 Å². The summed E-state index contributed by atoms with van der Waals surface area (Å²) in [6.07, 6.45) is -5.00. The first-order chi connectivity index (χ1) is 12.8. The molecule has 1 aromatic heterocycles. The maximum atomic E-state index is 14.0. The van der Waals surface area contributed by atoms with E-state index in [2.05, 4.69) is 10.4 Å². The topological polar surface area (TPSA) is 56.1 Å². The summed E-state index contributed by atoms with van der Waals surface area (Å²) in [6.45, 7) is 0. The van der Waals surface area contributed by atoms with E-state index in [1.807, 2.05) is 0 Å². The van der Waals surface area contributed by atoms with Crippen molar-refractivity contribution >= 4 is 11.8 Å². The molecule has 1 heterocycles. The molecule has 140 valence electrons. The molecule has 1 amide bonds. The van der Waals surface area contributed by atoms with Crippen LogP contribution in [0.5, 0.6) is 5.75 Å². The minimum absolute atomic E-state index is 0.185. The zero-order valence-electron chi connectivity index (χ0n) is 13.9. The van der Waals surface area contributed by atoms with Crippen molar-refractivity contribution in [3.05, 3.63) is 66.2 Å². The molecule has 0 aliphatic rings. The molecule has 0 aliphatic heterocycles. The van der Waals surface area contributed by atoms with Crippen LogP contribution in [0.15, 0.2) is 54.7 Å². The van der Waals surface area contributed by atoms with Crippen LogP contribution in [0, 0.1) is 5.82 Å². The highest BCUT2D eigenvalue weighted by Crippen LogP contribution is 2.35. The number of benzene rings is 2. The Balaban J connectivity index is 1.86. The highest BCUT2D eigenvalue weighted by atomic mass is 19.4. The molecule has 2 aromatic carbocycles. The van der Waals surface area contributed by atoms with Crippen molar-refractivity contribution in [3.63, 3.8) is 0 Å². The average molecular weight is 379 g/mol. The quantitative estimate of drug-likeness (QED) is 0.662. The number of aromatic nitrogens is 2. The minimum Gasteiger partial charge on any atom is -0.406 e. The van der Waals surface area contributed by atoms with Crippen LogP contribution in [0.3, 0.4) is 0 Å². The Hall–Kier alpha value is -3.36. The van der Waals surface area contributed by atoms with Gasteiger partial charge in [0.25, 0.3) is 0 Å². The molecule has 1 N–H and O–H groups in total. The Morgan fingerprint density at radius 1 is 1.07 bits per heavy atom. The van der Waals surface area contributed by atoms with Crippen LogP contribution in [-0.4, -0.2) is 15.9 Å². The number of para-hydroxylation sites is 1. The predicted octanol–water partition coefficient (Wildman–Crippen LogP) is 4.86. The van der Waals surface area contributed by atoms with Gasteiger partial charge in [0.05, 0.1) is 11.9 Å². The number of nitrogens with zero attached hydrogens (tertiary/aromatic N) is 2. The van der Waals surface area contributed by atoms with Crippen LogP contribution >= 0.6 is 0 Å². The molecule has 0 saturated heterocycles. The number of rotatable bonds is 3. The van der Waals surface area contributed by atoms with E-state index in [1.54, 1.807) is 24.3 Å². The lowest BCUT2D eigenvalue weighted by molar-refractivity contribution is -0.142. The molecule has 27 heavy (non-hydrogen) atoms. The summed E-state index contributed by atoms with van der Waals surface area (Å²) < 4.78 is 58.5. The third-order valence-electron chi connectivity index (χ3n) is 3.59. The summed E-state index contributed by atoms with van der Waals surface area (Å²) in [5.41, 5.74) is -0.548. The lowest BCUT2D eigenvalue weighted by atomic mass is 10.0. The van der Waals surface area contributed by atoms with Gasteiger partial charge in [0.1, 0.15) is 5.82 Å². The average Bonchev–Trinajstić information content (AvgIpc) is 2.96. The Kier molecular flexibility index (Phi) is 4.85. The van der Waals surface area contributed by atoms with Crippen LogP contribution in [0.2, 0.25) is 0 Å². The fourth-order valence-electron chi connectivity index (χ4n) is 2.48. The predicted molar refractivity (Wildman–Crippen MR) is 89.7 cm³/mol. The van der Waals surface area contributed by atoms with E-state index in [-0.39, 0.29) is 11.3 Å². The third kappa shape index (κ3) is 4.08. The summed E-state index contributed by atoms with van der Waals surface area (Å²) in [6, 6.07) is 12.2. The molecule has 0 saturated carbocycles. The fourth-order valence-corrected chi connectivity index (χ4v) is 2.48. The van der Waals surface area contributed by atoms with E-state index < -0.39 is 29.5 Å². The van der Waals surface area contributed by atoms with Crippen LogP contribution in [-0.2, 0) is 13.2 Å². The second-order valence-corrected chi connectivity index (χ2v) is 5.55. The molecule has 0 fully saturated rings. The summed E-state index contributed by atoms with van der Waals surface area (Å²) in [5.74, 6) is -1.24. The molecule has 3 rings (SSSR count). The Labute approximate surface area is 151 Å². The Bertz CT molecular complexity index is 983. The third-order valence-corrected chi connectivity index (χ3v) is 3.59. The number of amides is 1. The van der Waals surface area contributed by atoms with Crippen molar-refractivity contribution in [2.45, 2.75) is 6.18 Å². The standard InChI is InChI=1S/C18H13F4N3O2/c1-25-10-15(16(24-25)18(20,21)22)27-17(26)23-14-9-5-3-7-12(14)11-6-2-4-8-13(11)19/h2-10H,1H3,(H,23,26). The van der Waals surface area contributed by atoms with E-state index in [1.165, 1.54) is 31.3 Å². The number of carbonyl (C=O) groups excluding carboxylic acids is 1. The smallest absolute Gasteiger partial charge is 0.406 e. The van der Waals surface area contributed by atoms with Gasteiger partial charge in [0, 0.05) is 18.2 Å². The number of hydrogen-bond donors (Lipinski definition) is 1. The van der Waals surface area contributed by atoms with Crippen molar-refractivity contribution in [3.8, 4) is 16.9 Å². The molecule has 3 aromatic rings. The van der Waals surface area contributed by atoms with Crippen LogP contribution in [0.25, 0.3) is 11.1 Å². The number of aryl methyl sites for hydroxylation is 1. The lowest BCUT2D eigenvalue weighted by Crippen LogP contribution is -2.19. The van der Waals surface area contributed by atoms with Crippen LogP contribution in [0.4, 0.5) is 28.0 Å². The molecular formula is C18H13F4N3O2. The number of ether oxygens (including phenoxy) is 1. The second-order valence-electron chi connectivity index (χ2n) is 5.55. The summed E-state index contributed by atoms with van der Waals surface area (Å²) >= 11 is 0. The first kappa shape index (κ1) is 18.4. The lowest BCUT2D eigenvalue weighted by Gasteiger charge is -2.12. The fraction of sp³-hybridized carbons (Fsp3) is 0.111. The highest BCUT2D eigenvalue weighted by Gasteiger charge is 2.38. The van der Waals surface area contributed by atoms with Gasteiger partial charge in [-0.25, -0.2) is 9.18 Å². The molecule has 9 heteroatoms. The molecule has 5 nitrogen and oxygen atoms in total. The number of nitrogens with one attached hydrogen (secondary N) is 1. The van der Waals surface area contributed by atoms with Gasteiger partial charge >= 0.3 is 12.3 Å². The summed E-state index contributed by atoms with van der Waals surface area (Å²) in [5, 5.41) is 5.60. The zero-order valence-corrected chi connectivity index (χ0v) is 13.9. The summed E-state index contributed by atoms with van der Waals surface area (Å²) in [7, 11) is 1.27. The molecule has 0 atom stereocenters. The van der Waals surface area contributed by atoms with Crippen molar-refractivity contribution in [2.24, 2.45) is 7.05 Å². The molecule has 0 unspecified atom stereocenters. The Morgan fingerprint density at radius 3 is 2.37 bits per heavy atom. The number of carbonyl (C=O) groups is 1. The van der Waals surface area contributed by atoms with Gasteiger partial charge in [0.15, 0.2) is 5.75 Å². The highest BCUT2D eigenvalue weighted by molar-refractivity contribution is 5.92. The number of alkyl halides is 3. The zero-order chi connectivity index (χ0) is 19.6. The van der Waals surface area contributed by atoms with E-state index in [4.69, 9.17) is 4.74 Å². The monoisotopic (exact) mass is 379 g/mol. The van der Waals surface area contributed by atoms with Crippen molar-refractivity contribution in [1.29, 1.82) is 0 Å². The maximum Gasteiger partial charge on any atom is 0.438 e. The first-order valence-corrected chi connectivity index (χ1v) is 7.69. The largest absolute Gasteiger partial charge is 0.438 e. The maximum absolute atomic E-state index is 14.0. The normalized spacial score (nSPS) is 11.3. The first-order valence-electron chi connectivity index (χ1n) is 7.69. The van der Waals surface area contributed by atoms with Crippen molar-refractivity contribution < 1.29 is 27.1 Å². The SMILES string of the molecule is Cn1cc(OC(=O)Nc2ccccc2-c2ccccc2F)c(C(F)(F)F)n1. The summed E-state index contributed by atoms with van der Waals surface area (Å²) in [4.78, 5) is 12.1. The van der Waals surface area contributed by atoms with Crippen LogP contribution in [0.1, 0.15) is 5.69 Å². The van der Waals surface area contributed by atoms with Gasteiger partial charge < -0.3 is 4.74 Å². The van der Waals surface area contributed by atoms with Crippen LogP contribution < -0.4 is 10.1 Å². The van der Waals surface area contributed by atoms with Gasteiger partial charge in [-0.15, -0.1) is 0 Å². The molecule has 0 bridgehead atoms. The Morgan fingerprint density at radius 2 is 1.70 bits per heavy atom. The van der Waals surface area contributed by atoms with Gasteiger partial charge in [-0.05, 0) is 12.1 Å². The second kappa shape index (κ2) is 7.10. The van der Waals surface area contributed by atoms with Gasteiger partial charge in [-0.2, -0.15) is 18.3 Å². The molecule has 0 aliphatic carbocycles. The van der Waals surface area contributed by atoms with E-state index in [0.717, 1.165) is 10.9 Å². The van der Waals surface area contributed by atoms with E-state index >= 15 is 0 Å². The number of anilines is 1. The number of halogens is 4. The van der Waals surface area contributed by atoms with Gasteiger partial charge in [-0.3, -0.25) is 10.00 Å². The van der Waals surface area contributed by atoms with Crippen molar-refractivity contribution in [1.82, 2.24) is 9.78 Å². The molecular weight excluding hydrogens is 366 g/mol. The molecule has 0 spiro atoms. The molecule has 0 radical (unpaired) electrons. The number of hydrogen-bond acceptors (Lipinski definition) is 3. The van der Waals surface area contributed by atoms with Gasteiger partial charge in [0.2, 0.25) is 5.69 Å². The van der Waals surface area contributed by atoms with E-state index in [9.17, 15) is 22.4 Å².